The third-order valence-corrected chi connectivity index (χ3v) is 3.86. The molecule has 1 aromatic carbocycles. The molecule has 2 N–H and O–H groups in total. The zero-order valence-corrected chi connectivity index (χ0v) is 11.8. The van der Waals surface area contributed by atoms with Crippen LogP contribution in [0.4, 0.5) is 0 Å². The molecule has 0 bridgehead atoms. The smallest absolute Gasteiger partial charge is 0.320 e. The van der Waals surface area contributed by atoms with Crippen LogP contribution in [0.3, 0.4) is 0 Å². The van der Waals surface area contributed by atoms with E-state index >= 15 is 0 Å². The molecular formula is C12H17NO5S. The summed E-state index contributed by atoms with van der Waals surface area (Å²) < 4.78 is 30.6. The maximum Gasteiger partial charge on any atom is 0.320 e. The molecule has 1 rings (SSSR count). The third-order valence-electron chi connectivity index (χ3n) is 2.52. The summed E-state index contributed by atoms with van der Waals surface area (Å²) in [6.45, 7) is 3.51. The first kappa shape index (κ1) is 15.5. The fourth-order valence-electron chi connectivity index (χ4n) is 1.73. The monoisotopic (exact) mass is 287 g/mol. The van der Waals surface area contributed by atoms with Crippen molar-refractivity contribution in [3.05, 3.63) is 29.3 Å². The van der Waals surface area contributed by atoms with E-state index in [-0.39, 0.29) is 0 Å². The summed E-state index contributed by atoms with van der Waals surface area (Å²) >= 11 is 0. The van der Waals surface area contributed by atoms with Gasteiger partial charge in [-0.15, -0.1) is 0 Å². The molecule has 0 amide bonds. The highest BCUT2D eigenvalue weighted by Crippen LogP contribution is 2.26. The van der Waals surface area contributed by atoms with Crippen molar-refractivity contribution < 1.29 is 23.1 Å². The predicted molar refractivity (Wildman–Crippen MR) is 70.7 cm³/mol. The normalized spacial score (nSPS) is 13.0. The van der Waals surface area contributed by atoms with E-state index in [2.05, 4.69) is 4.72 Å². The van der Waals surface area contributed by atoms with Crippen LogP contribution in [0.2, 0.25) is 0 Å². The number of aliphatic carboxylic acids is 1. The quantitative estimate of drug-likeness (QED) is 0.816. The second-order valence-corrected chi connectivity index (χ2v) is 5.99. The van der Waals surface area contributed by atoms with Gasteiger partial charge in [-0.3, -0.25) is 4.79 Å². The Hall–Kier alpha value is -1.60. The number of aryl methyl sites for hydroxylation is 1. The van der Waals surface area contributed by atoms with Gasteiger partial charge in [0.15, 0.2) is 5.75 Å². The van der Waals surface area contributed by atoms with E-state index in [1.165, 1.54) is 7.11 Å². The lowest BCUT2D eigenvalue weighted by molar-refractivity contribution is -0.134. The first-order valence-electron chi connectivity index (χ1n) is 5.61. The van der Waals surface area contributed by atoms with Crippen LogP contribution in [-0.4, -0.2) is 32.4 Å². The van der Waals surface area contributed by atoms with Crippen LogP contribution in [-0.2, 0) is 14.8 Å². The van der Waals surface area contributed by atoms with Crippen LogP contribution < -0.4 is 9.46 Å². The van der Waals surface area contributed by atoms with E-state index in [4.69, 9.17) is 9.84 Å². The average Bonchev–Trinajstić information content (AvgIpc) is 2.26. The number of methoxy groups -OCH3 is 1. The molecule has 1 aromatic rings. The number of carbonyl (C=O) groups is 1. The number of sulfonamides is 1. The molecule has 106 valence electrons. The molecule has 0 fully saturated rings. The van der Waals surface area contributed by atoms with Gasteiger partial charge in [0.2, 0.25) is 10.0 Å². The molecule has 7 heteroatoms. The molecule has 0 heterocycles. The largest absolute Gasteiger partial charge is 0.496 e. The summed E-state index contributed by atoms with van der Waals surface area (Å²) in [5.74, 6) is -1.79. The molecule has 1 unspecified atom stereocenters. The van der Waals surface area contributed by atoms with Crippen molar-refractivity contribution in [2.24, 2.45) is 0 Å². The number of hydrogen-bond acceptors (Lipinski definition) is 4. The molecule has 0 aliphatic rings. The minimum absolute atomic E-state index is 0.552. The second kappa shape index (κ2) is 6.03. The number of hydrogen-bond donors (Lipinski definition) is 2. The summed E-state index contributed by atoms with van der Waals surface area (Å²) in [5.41, 5.74) is 1.62. The van der Waals surface area contributed by atoms with Gasteiger partial charge in [0.1, 0.15) is 5.75 Å². The first-order chi connectivity index (χ1) is 8.75. The lowest BCUT2D eigenvalue weighted by Crippen LogP contribution is -2.32. The molecule has 1 atom stereocenters. The fourth-order valence-corrected chi connectivity index (χ4v) is 2.80. The van der Waals surface area contributed by atoms with E-state index in [1.54, 1.807) is 19.1 Å². The first-order valence-corrected chi connectivity index (χ1v) is 7.26. The van der Waals surface area contributed by atoms with Gasteiger partial charge in [0.05, 0.1) is 7.11 Å². The molecule has 0 spiro atoms. The van der Waals surface area contributed by atoms with Crippen molar-refractivity contribution in [1.82, 2.24) is 4.72 Å². The SMILES string of the molecule is COc1ccc(C)cc1C(C)NS(=O)(=O)CC(=O)O. The minimum atomic E-state index is -3.87. The van der Waals surface area contributed by atoms with Crippen LogP contribution in [0.5, 0.6) is 5.75 Å². The minimum Gasteiger partial charge on any atom is -0.496 e. The van der Waals surface area contributed by atoms with Gasteiger partial charge in [-0.25, -0.2) is 13.1 Å². The number of carboxylic acid groups (broad SMARTS) is 1. The van der Waals surface area contributed by atoms with Crippen LogP contribution in [0, 0.1) is 6.92 Å². The molecule has 19 heavy (non-hydrogen) atoms. The number of rotatable bonds is 6. The maximum absolute atomic E-state index is 11.6. The Balaban J connectivity index is 2.98. The van der Waals surface area contributed by atoms with Crippen molar-refractivity contribution in [2.75, 3.05) is 12.9 Å². The Bertz CT molecular complexity index is 567. The van der Waals surface area contributed by atoms with Crippen LogP contribution in [0.1, 0.15) is 24.1 Å². The second-order valence-electron chi connectivity index (χ2n) is 4.24. The highest BCUT2D eigenvalue weighted by atomic mass is 32.2. The van der Waals surface area contributed by atoms with Gasteiger partial charge >= 0.3 is 5.97 Å². The van der Waals surface area contributed by atoms with Gasteiger partial charge in [-0.05, 0) is 19.9 Å². The zero-order valence-electron chi connectivity index (χ0n) is 11.0. The number of carboxylic acids is 1. The molecule has 0 aromatic heterocycles. The summed E-state index contributed by atoms with van der Waals surface area (Å²) in [7, 11) is -2.38. The summed E-state index contributed by atoms with van der Waals surface area (Å²) in [6, 6.07) is 4.82. The molecule has 0 radical (unpaired) electrons. The third kappa shape index (κ3) is 4.53. The summed E-state index contributed by atoms with van der Waals surface area (Å²) in [5, 5.41) is 8.53. The van der Waals surface area contributed by atoms with Crippen molar-refractivity contribution >= 4 is 16.0 Å². The molecule has 6 nitrogen and oxygen atoms in total. The molecule has 0 aliphatic heterocycles. The van der Waals surface area contributed by atoms with Gasteiger partial charge in [-0.1, -0.05) is 17.7 Å². The Morgan fingerprint density at radius 2 is 2.11 bits per heavy atom. The van der Waals surface area contributed by atoms with Gasteiger partial charge in [0, 0.05) is 11.6 Å². The van der Waals surface area contributed by atoms with Crippen molar-refractivity contribution in [1.29, 1.82) is 0 Å². The fraction of sp³-hybridized carbons (Fsp3) is 0.417. The molecule has 0 saturated carbocycles. The predicted octanol–water partition coefficient (Wildman–Crippen LogP) is 1.07. The number of nitrogens with one attached hydrogen (secondary N) is 1. The number of ether oxygens (including phenoxy) is 1. The van der Waals surface area contributed by atoms with Crippen molar-refractivity contribution in [3.63, 3.8) is 0 Å². The summed E-state index contributed by atoms with van der Waals surface area (Å²) in [4.78, 5) is 10.5. The lowest BCUT2D eigenvalue weighted by atomic mass is 10.1. The Labute approximate surface area is 112 Å². The molecule has 0 aliphatic carbocycles. The molecule has 0 saturated heterocycles. The maximum atomic E-state index is 11.6. The highest BCUT2D eigenvalue weighted by Gasteiger charge is 2.21. The molecular weight excluding hydrogens is 270 g/mol. The summed E-state index contributed by atoms with van der Waals surface area (Å²) in [6.07, 6.45) is 0. The average molecular weight is 287 g/mol. The van der Waals surface area contributed by atoms with E-state index in [0.29, 0.717) is 11.3 Å². The van der Waals surface area contributed by atoms with Gasteiger partial charge in [-0.2, -0.15) is 0 Å². The standard InChI is InChI=1S/C12H17NO5S/c1-8-4-5-11(18-3)10(6-8)9(2)13-19(16,17)7-12(14)15/h4-6,9,13H,7H2,1-3H3,(H,14,15). The lowest BCUT2D eigenvalue weighted by Gasteiger charge is -2.17. The van der Waals surface area contributed by atoms with Crippen molar-refractivity contribution in [2.45, 2.75) is 19.9 Å². The van der Waals surface area contributed by atoms with Crippen LogP contribution in [0.25, 0.3) is 0 Å². The Morgan fingerprint density at radius 3 is 2.63 bits per heavy atom. The van der Waals surface area contributed by atoms with Crippen LogP contribution in [0.15, 0.2) is 18.2 Å². The van der Waals surface area contributed by atoms with E-state index in [1.807, 2.05) is 13.0 Å². The van der Waals surface area contributed by atoms with Crippen molar-refractivity contribution in [3.8, 4) is 5.75 Å². The van der Waals surface area contributed by atoms with Gasteiger partial charge < -0.3 is 9.84 Å². The highest BCUT2D eigenvalue weighted by molar-refractivity contribution is 7.90. The Morgan fingerprint density at radius 1 is 1.47 bits per heavy atom. The van der Waals surface area contributed by atoms with Crippen LogP contribution >= 0.6 is 0 Å². The Kier molecular flexibility index (Phi) is 4.90. The van der Waals surface area contributed by atoms with E-state index in [9.17, 15) is 13.2 Å². The zero-order chi connectivity index (χ0) is 14.6. The van der Waals surface area contributed by atoms with Gasteiger partial charge in [0.25, 0.3) is 0 Å². The topological polar surface area (TPSA) is 92.7 Å². The van der Waals surface area contributed by atoms with E-state index < -0.39 is 27.8 Å². The number of benzene rings is 1. The van der Waals surface area contributed by atoms with E-state index in [0.717, 1.165) is 5.56 Å².